The van der Waals surface area contributed by atoms with E-state index >= 15 is 0 Å². The summed E-state index contributed by atoms with van der Waals surface area (Å²) in [6, 6.07) is 18.9. The predicted octanol–water partition coefficient (Wildman–Crippen LogP) is 3.80. The first-order valence-electron chi connectivity index (χ1n) is 8.49. The summed E-state index contributed by atoms with van der Waals surface area (Å²) >= 11 is 1.82. The SMILES string of the molecule is CNC1CCCN(C(=O)c2ccc(CSc3ccccc3)cc2)C1. The molecule has 1 atom stereocenters. The van der Waals surface area contributed by atoms with Crippen molar-refractivity contribution in [1.29, 1.82) is 0 Å². The first-order chi connectivity index (χ1) is 11.8. The van der Waals surface area contributed by atoms with Gasteiger partial charge >= 0.3 is 0 Å². The van der Waals surface area contributed by atoms with Gasteiger partial charge in [-0.3, -0.25) is 4.79 Å². The summed E-state index contributed by atoms with van der Waals surface area (Å²) in [6.07, 6.45) is 2.22. The van der Waals surface area contributed by atoms with Crippen LogP contribution in [0.4, 0.5) is 0 Å². The van der Waals surface area contributed by atoms with E-state index in [1.54, 1.807) is 0 Å². The molecule has 0 spiro atoms. The molecule has 0 aromatic heterocycles. The van der Waals surface area contributed by atoms with Crippen LogP contribution in [0.15, 0.2) is 59.5 Å². The summed E-state index contributed by atoms with van der Waals surface area (Å²) in [5, 5.41) is 3.28. The highest BCUT2D eigenvalue weighted by Gasteiger charge is 2.23. The lowest BCUT2D eigenvalue weighted by molar-refractivity contribution is 0.0698. The fourth-order valence-corrected chi connectivity index (χ4v) is 3.88. The van der Waals surface area contributed by atoms with Crippen molar-refractivity contribution in [3.05, 3.63) is 65.7 Å². The van der Waals surface area contributed by atoms with E-state index < -0.39 is 0 Å². The van der Waals surface area contributed by atoms with Gasteiger partial charge in [-0.1, -0.05) is 30.3 Å². The number of likely N-dealkylation sites (tertiary alicyclic amines) is 1. The quantitative estimate of drug-likeness (QED) is 0.840. The number of hydrogen-bond acceptors (Lipinski definition) is 3. The molecule has 4 heteroatoms. The van der Waals surface area contributed by atoms with Crippen LogP contribution in [0.2, 0.25) is 0 Å². The Kier molecular flexibility index (Phi) is 5.94. The second-order valence-corrected chi connectivity index (χ2v) is 7.23. The summed E-state index contributed by atoms with van der Waals surface area (Å²) in [5.41, 5.74) is 2.03. The number of carbonyl (C=O) groups is 1. The molecule has 1 heterocycles. The summed E-state index contributed by atoms with van der Waals surface area (Å²) in [5.74, 6) is 1.07. The topological polar surface area (TPSA) is 32.3 Å². The lowest BCUT2D eigenvalue weighted by Gasteiger charge is -2.32. The second kappa shape index (κ2) is 8.36. The molecule has 1 aliphatic rings. The van der Waals surface area contributed by atoms with E-state index in [4.69, 9.17) is 0 Å². The van der Waals surface area contributed by atoms with E-state index in [1.807, 2.05) is 41.9 Å². The van der Waals surface area contributed by atoms with Crippen LogP contribution in [0.25, 0.3) is 0 Å². The zero-order chi connectivity index (χ0) is 16.8. The first-order valence-corrected chi connectivity index (χ1v) is 9.48. The van der Waals surface area contributed by atoms with E-state index in [9.17, 15) is 4.79 Å². The van der Waals surface area contributed by atoms with Crippen LogP contribution in [0.3, 0.4) is 0 Å². The highest BCUT2D eigenvalue weighted by Crippen LogP contribution is 2.23. The van der Waals surface area contributed by atoms with Gasteiger partial charge in [0.25, 0.3) is 5.91 Å². The van der Waals surface area contributed by atoms with Crippen molar-refractivity contribution in [2.45, 2.75) is 29.5 Å². The van der Waals surface area contributed by atoms with Gasteiger partial charge in [-0.15, -0.1) is 11.8 Å². The van der Waals surface area contributed by atoms with E-state index in [0.717, 1.165) is 37.2 Å². The van der Waals surface area contributed by atoms with Gasteiger partial charge in [-0.2, -0.15) is 0 Å². The smallest absolute Gasteiger partial charge is 0.253 e. The van der Waals surface area contributed by atoms with Crippen LogP contribution in [0.5, 0.6) is 0 Å². The van der Waals surface area contributed by atoms with Gasteiger partial charge in [-0.25, -0.2) is 0 Å². The van der Waals surface area contributed by atoms with Crippen LogP contribution in [0, 0.1) is 0 Å². The molecule has 1 amide bonds. The van der Waals surface area contributed by atoms with Crippen LogP contribution in [-0.4, -0.2) is 37.0 Å². The van der Waals surface area contributed by atoms with Crippen molar-refractivity contribution >= 4 is 17.7 Å². The summed E-state index contributed by atoms with van der Waals surface area (Å²) in [4.78, 5) is 15.9. The maximum Gasteiger partial charge on any atom is 0.253 e. The van der Waals surface area contributed by atoms with Crippen LogP contribution in [0.1, 0.15) is 28.8 Å². The van der Waals surface area contributed by atoms with Gasteiger partial charge in [0.05, 0.1) is 0 Å². The Labute approximate surface area is 148 Å². The lowest BCUT2D eigenvalue weighted by atomic mass is 10.0. The Bertz CT molecular complexity index is 657. The van der Waals surface area contributed by atoms with E-state index in [0.29, 0.717) is 6.04 Å². The maximum atomic E-state index is 12.6. The normalized spacial score (nSPS) is 17.7. The Morgan fingerprint density at radius 3 is 2.62 bits per heavy atom. The molecule has 1 unspecified atom stereocenters. The fraction of sp³-hybridized carbons (Fsp3) is 0.350. The number of hydrogen-bond donors (Lipinski definition) is 1. The Morgan fingerprint density at radius 2 is 1.92 bits per heavy atom. The van der Waals surface area contributed by atoms with Crippen molar-refractivity contribution in [2.75, 3.05) is 20.1 Å². The van der Waals surface area contributed by atoms with Crippen LogP contribution in [-0.2, 0) is 5.75 Å². The molecule has 0 bridgehead atoms. The number of amides is 1. The molecule has 2 aromatic rings. The third kappa shape index (κ3) is 4.40. The third-order valence-electron chi connectivity index (χ3n) is 4.47. The van der Waals surface area contributed by atoms with Crippen LogP contribution >= 0.6 is 11.8 Å². The van der Waals surface area contributed by atoms with E-state index in [2.05, 4.69) is 41.7 Å². The molecule has 2 aromatic carbocycles. The number of carbonyl (C=O) groups excluding carboxylic acids is 1. The van der Waals surface area contributed by atoms with Crippen LogP contribution < -0.4 is 5.32 Å². The number of rotatable bonds is 5. The molecular formula is C20H24N2OS. The molecule has 0 radical (unpaired) electrons. The number of piperidine rings is 1. The highest BCUT2D eigenvalue weighted by atomic mass is 32.2. The van der Waals surface area contributed by atoms with Crippen molar-refractivity contribution < 1.29 is 4.79 Å². The standard InChI is InChI=1S/C20H24N2OS/c1-21-18-6-5-13-22(14-18)20(23)17-11-9-16(10-12-17)15-24-19-7-3-2-4-8-19/h2-4,7-12,18,21H,5-6,13-15H2,1H3. The van der Waals surface area contributed by atoms with E-state index in [-0.39, 0.29) is 5.91 Å². The number of nitrogens with zero attached hydrogens (tertiary/aromatic N) is 1. The highest BCUT2D eigenvalue weighted by molar-refractivity contribution is 7.98. The van der Waals surface area contributed by atoms with Gasteiger partial charge in [0.2, 0.25) is 0 Å². The number of benzene rings is 2. The van der Waals surface area contributed by atoms with E-state index in [1.165, 1.54) is 10.5 Å². The van der Waals surface area contributed by atoms with Gasteiger partial charge in [0.15, 0.2) is 0 Å². The molecule has 126 valence electrons. The summed E-state index contributed by atoms with van der Waals surface area (Å²) in [6.45, 7) is 1.67. The van der Waals surface area contributed by atoms with Gasteiger partial charge in [0.1, 0.15) is 0 Å². The molecule has 24 heavy (non-hydrogen) atoms. The number of thioether (sulfide) groups is 1. The van der Waals surface area contributed by atoms with Crippen molar-refractivity contribution in [3.8, 4) is 0 Å². The lowest BCUT2D eigenvalue weighted by Crippen LogP contribution is -2.46. The molecular weight excluding hydrogens is 316 g/mol. The zero-order valence-electron chi connectivity index (χ0n) is 14.1. The maximum absolute atomic E-state index is 12.6. The van der Waals surface area contributed by atoms with Gasteiger partial charge in [0, 0.05) is 35.3 Å². The minimum Gasteiger partial charge on any atom is -0.337 e. The molecule has 1 fully saturated rings. The minimum absolute atomic E-state index is 0.150. The van der Waals surface area contributed by atoms with Gasteiger partial charge in [-0.05, 0) is 49.7 Å². The zero-order valence-corrected chi connectivity index (χ0v) is 14.9. The summed E-state index contributed by atoms with van der Waals surface area (Å²) < 4.78 is 0. The predicted molar refractivity (Wildman–Crippen MR) is 100 cm³/mol. The number of nitrogens with one attached hydrogen (secondary N) is 1. The minimum atomic E-state index is 0.150. The first kappa shape index (κ1) is 17.1. The molecule has 1 N–H and O–H groups in total. The molecule has 1 saturated heterocycles. The molecule has 0 saturated carbocycles. The largest absolute Gasteiger partial charge is 0.337 e. The monoisotopic (exact) mass is 340 g/mol. The van der Waals surface area contributed by atoms with Crippen molar-refractivity contribution in [2.24, 2.45) is 0 Å². The van der Waals surface area contributed by atoms with Gasteiger partial charge < -0.3 is 10.2 Å². The fourth-order valence-electron chi connectivity index (χ4n) is 3.01. The Hall–Kier alpha value is -1.78. The van der Waals surface area contributed by atoms with Crippen molar-refractivity contribution in [1.82, 2.24) is 10.2 Å². The average molecular weight is 340 g/mol. The Morgan fingerprint density at radius 1 is 1.17 bits per heavy atom. The second-order valence-electron chi connectivity index (χ2n) is 6.18. The average Bonchev–Trinajstić information content (AvgIpc) is 2.67. The number of likely N-dealkylation sites (N-methyl/N-ethyl adjacent to an activating group) is 1. The summed E-state index contributed by atoms with van der Waals surface area (Å²) in [7, 11) is 1.97. The Balaban J connectivity index is 1.58. The molecule has 3 nitrogen and oxygen atoms in total. The third-order valence-corrected chi connectivity index (χ3v) is 5.55. The molecule has 1 aliphatic heterocycles. The molecule has 0 aliphatic carbocycles. The molecule has 3 rings (SSSR count). The van der Waals surface area contributed by atoms with Crippen molar-refractivity contribution in [3.63, 3.8) is 0 Å².